The van der Waals surface area contributed by atoms with Gasteiger partial charge in [-0.05, 0) is 55.1 Å². The topological polar surface area (TPSA) is 80.7 Å². The van der Waals surface area contributed by atoms with E-state index in [9.17, 15) is 4.79 Å². The van der Waals surface area contributed by atoms with E-state index in [4.69, 9.17) is 14.8 Å². The number of hydrogen-bond acceptors (Lipinski definition) is 5. The van der Waals surface area contributed by atoms with E-state index in [2.05, 4.69) is 41.1 Å². The number of anilines is 1. The number of fused-ring (bicyclic) bond motifs is 1. The normalized spacial score (nSPS) is 15.4. The highest BCUT2D eigenvalue weighted by molar-refractivity contribution is 5.97. The number of furan rings is 1. The molecule has 1 fully saturated rings. The fourth-order valence-corrected chi connectivity index (χ4v) is 3.49. The molecular weight excluding hydrogens is 366 g/mol. The Morgan fingerprint density at radius 3 is 2.48 bits per heavy atom. The molecule has 146 valence electrons. The van der Waals surface area contributed by atoms with Crippen molar-refractivity contribution in [1.82, 2.24) is 4.90 Å². The lowest BCUT2D eigenvalue weighted by Crippen LogP contribution is -2.44. The quantitative estimate of drug-likeness (QED) is 0.541. The Hall–Kier alpha value is -3.56. The summed E-state index contributed by atoms with van der Waals surface area (Å²) >= 11 is 0. The van der Waals surface area contributed by atoms with Crippen molar-refractivity contribution in [2.24, 2.45) is 0 Å². The molecule has 6 heteroatoms. The number of aliphatic carboxylic acids is 1. The zero-order valence-corrected chi connectivity index (χ0v) is 16.1. The molecule has 0 saturated carbocycles. The van der Waals surface area contributed by atoms with E-state index in [-0.39, 0.29) is 5.57 Å². The first-order chi connectivity index (χ1) is 14.0. The highest BCUT2D eigenvalue weighted by Gasteiger charge is 2.15. The Morgan fingerprint density at radius 2 is 1.83 bits per heavy atom. The van der Waals surface area contributed by atoms with E-state index in [1.165, 1.54) is 11.8 Å². The van der Waals surface area contributed by atoms with Crippen molar-refractivity contribution < 1.29 is 14.3 Å². The summed E-state index contributed by atoms with van der Waals surface area (Å²) in [6, 6.07) is 17.4. The number of carbonyl (C=O) groups is 1. The molecule has 0 unspecified atom stereocenters. The van der Waals surface area contributed by atoms with Gasteiger partial charge < -0.3 is 19.3 Å². The molecule has 1 N–H and O–H groups in total. The van der Waals surface area contributed by atoms with Crippen molar-refractivity contribution in [3.05, 3.63) is 59.7 Å². The third-order valence-corrected chi connectivity index (χ3v) is 5.23. The van der Waals surface area contributed by atoms with Crippen molar-refractivity contribution in [2.75, 3.05) is 38.1 Å². The van der Waals surface area contributed by atoms with Gasteiger partial charge in [-0.25, -0.2) is 4.79 Å². The number of carboxylic acid groups (broad SMARTS) is 1. The number of hydrogen-bond donors (Lipinski definition) is 1. The highest BCUT2D eigenvalue weighted by Crippen LogP contribution is 2.30. The highest BCUT2D eigenvalue weighted by atomic mass is 16.4. The van der Waals surface area contributed by atoms with Crippen molar-refractivity contribution in [3.8, 4) is 17.4 Å². The van der Waals surface area contributed by atoms with Crippen LogP contribution in [0, 0.1) is 11.3 Å². The molecule has 0 radical (unpaired) electrons. The zero-order valence-electron chi connectivity index (χ0n) is 16.1. The van der Waals surface area contributed by atoms with Crippen LogP contribution < -0.4 is 4.90 Å². The van der Waals surface area contributed by atoms with Gasteiger partial charge >= 0.3 is 5.97 Å². The van der Waals surface area contributed by atoms with Crippen LogP contribution in [-0.4, -0.2) is 49.2 Å². The molecule has 1 aromatic heterocycles. The lowest BCUT2D eigenvalue weighted by Gasteiger charge is -2.34. The van der Waals surface area contributed by atoms with E-state index in [0.717, 1.165) is 42.9 Å². The summed E-state index contributed by atoms with van der Waals surface area (Å²) in [5, 5.41) is 18.9. The summed E-state index contributed by atoms with van der Waals surface area (Å²) in [6.45, 7) is 4.19. The molecule has 0 aliphatic carbocycles. The molecule has 0 bridgehead atoms. The van der Waals surface area contributed by atoms with Gasteiger partial charge in [-0.15, -0.1) is 0 Å². The van der Waals surface area contributed by atoms with Crippen molar-refractivity contribution in [2.45, 2.75) is 0 Å². The number of carboxylic acids is 1. The number of nitrogens with zero attached hydrogens (tertiary/aromatic N) is 3. The second-order valence-electron chi connectivity index (χ2n) is 7.22. The monoisotopic (exact) mass is 387 g/mol. The predicted molar refractivity (Wildman–Crippen MR) is 113 cm³/mol. The molecule has 3 aromatic rings. The largest absolute Gasteiger partial charge is 0.477 e. The first-order valence-corrected chi connectivity index (χ1v) is 9.46. The fourth-order valence-electron chi connectivity index (χ4n) is 3.49. The number of rotatable bonds is 4. The molecule has 4 rings (SSSR count). The smallest absolute Gasteiger partial charge is 0.346 e. The standard InChI is InChI=1S/C23H21N3O3/c1-25-8-10-26(11-9-25)20-6-4-17(5-7-20)22-14-18-3-2-16(13-21(18)29-22)12-19(15-24)23(27)28/h2-7,12-14H,8-11H2,1H3,(H,27,28)/b19-12+. The first kappa shape index (κ1) is 18.8. The maximum Gasteiger partial charge on any atom is 0.346 e. The zero-order chi connectivity index (χ0) is 20.4. The Balaban J connectivity index is 1.58. The maximum atomic E-state index is 11.0. The number of likely N-dealkylation sites (N-methyl/N-ethyl adjacent to an activating group) is 1. The molecule has 0 spiro atoms. The lowest BCUT2D eigenvalue weighted by atomic mass is 10.1. The van der Waals surface area contributed by atoms with Gasteiger partial charge in [0.15, 0.2) is 0 Å². The molecule has 0 atom stereocenters. The van der Waals surface area contributed by atoms with Crippen molar-refractivity contribution in [3.63, 3.8) is 0 Å². The average molecular weight is 387 g/mol. The molecule has 6 nitrogen and oxygen atoms in total. The van der Waals surface area contributed by atoms with Crippen molar-refractivity contribution in [1.29, 1.82) is 5.26 Å². The molecule has 0 amide bonds. The number of nitriles is 1. The first-order valence-electron chi connectivity index (χ1n) is 9.46. The van der Waals surface area contributed by atoms with Crippen LogP contribution in [0.25, 0.3) is 28.4 Å². The van der Waals surface area contributed by atoms with E-state index >= 15 is 0 Å². The van der Waals surface area contributed by atoms with Crippen LogP contribution in [0.3, 0.4) is 0 Å². The minimum Gasteiger partial charge on any atom is -0.477 e. The van der Waals surface area contributed by atoms with Gasteiger partial charge in [0.1, 0.15) is 23.0 Å². The second-order valence-corrected chi connectivity index (χ2v) is 7.22. The Morgan fingerprint density at radius 1 is 1.10 bits per heavy atom. The molecule has 2 heterocycles. The van der Waals surface area contributed by atoms with Crippen LogP contribution in [-0.2, 0) is 4.79 Å². The number of benzene rings is 2. The van der Waals surface area contributed by atoms with E-state index < -0.39 is 5.97 Å². The van der Waals surface area contributed by atoms with Crippen LogP contribution in [0.4, 0.5) is 5.69 Å². The number of piperazine rings is 1. The van der Waals surface area contributed by atoms with Crippen LogP contribution in [0.5, 0.6) is 0 Å². The average Bonchev–Trinajstić information content (AvgIpc) is 3.16. The van der Waals surface area contributed by atoms with Crippen molar-refractivity contribution >= 4 is 28.7 Å². The van der Waals surface area contributed by atoms with E-state index in [1.54, 1.807) is 18.2 Å². The Labute approximate surface area is 168 Å². The molecular formula is C23H21N3O3. The summed E-state index contributed by atoms with van der Waals surface area (Å²) in [5.74, 6) is -0.488. The summed E-state index contributed by atoms with van der Waals surface area (Å²) in [6.07, 6.45) is 1.34. The molecule has 1 aliphatic heterocycles. The van der Waals surface area contributed by atoms with Gasteiger partial charge in [0, 0.05) is 42.8 Å². The van der Waals surface area contributed by atoms with Gasteiger partial charge in [-0.3, -0.25) is 0 Å². The maximum absolute atomic E-state index is 11.0. The van der Waals surface area contributed by atoms with E-state index in [0.29, 0.717) is 11.1 Å². The SMILES string of the molecule is CN1CCN(c2ccc(-c3cc4ccc(/C=C(\C#N)C(=O)O)cc4o3)cc2)CC1. The van der Waals surface area contributed by atoms with Crippen LogP contribution in [0.2, 0.25) is 0 Å². The third kappa shape index (κ3) is 4.00. The van der Waals surface area contributed by atoms with Gasteiger partial charge in [-0.1, -0.05) is 12.1 Å². The van der Waals surface area contributed by atoms with Gasteiger partial charge in [0.05, 0.1) is 0 Å². The summed E-state index contributed by atoms with van der Waals surface area (Å²) < 4.78 is 5.99. The third-order valence-electron chi connectivity index (χ3n) is 5.23. The summed E-state index contributed by atoms with van der Waals surface area (Å²) in [5.41, 5.74) is 3.15. The molecule has 1 aliphatic rings. The van der Waals surface area contributed by atoms with Crippen LogP contribution in [0.15, 0.2) is 58.5 Å². The van der Waals surface area contributed by atoms with Crippen LogP contribution in [0.1, 0.15) is 5.56 Å². The minimum absolute atomic E-state index is 0.310. The van der Waals surface area contributed by atoms with E-state index in [1.807, 2.05) is 12.1 Å². The fraction of sp³-hybridized carbons (Fsp3) is 0.217. The van der Waals surface area contributed by atoms with Gasteiger partial charge in [0.2, 0.25) is 0 Å². The summed E-state index contributed by atoms with van der Waals surface area (Å²) in [7, 11) is 2.14. The van der Waals surface area contributed by atoms with Gasteiger partial charge in [0.25, 0.3) is 0 Å². The molecule has 1 saturated heterocycles. The summed E-state index contributed by atoms with van der Waals surface area (Å²) in [4.78, 5) is 15.7. The Kier molecular flexibility index (Phi) is 5.07. The van der Waals surface area contributed by atoms with Gasteiger partial charge in [-0.2, -0.15) is 5.26 Å². The predicted octanol–water partition coefficient (Wildman–Crippen LogP) is 3.84. The second kappa shape index (κ2) is 7.82. The molecule has 2 aromatic carbocycles. The lowest BCUT2D eigenvalue weighted by molar-refractivity contribution is -0.132. The molecule has 29 heavy (non-hydrogen) atoms. The minimum atomic E-state index is -1.24. The van der Waals surface area contributed by atoms with Crippen LogP contribution >= 0.6 is 0 Å². The Bertz CT molecular complexity index is 1110.